The third-order valence-electron chi connectivity index (χ3n) is 3.03. The number of rotatable bonds is 5. The number of halogens is 3. The maximum absolute atomic E-state index is 13.7. The molecule has 0 aliphatic heterocycles. The van der Waals surface area contributed by atoms with Gasteiger partial charge in [0, 0.05) is 12.6 Å². The van der Waals surface area contributed by atoms with Gasteiger partial charge in [-0.3, -0.25) is 4.68 Å². The van der Waals surface area contributed by atoms with Crippen molar-refractivity contribution in [2.45, 2.75) is 33.4 Å². The van der Waals surface area contributed by atoms with Crippen LogP contribution in [0.1, 0.15) is 25.2 Å². The molecule has 2 aromatic rings. The van der Waals surface area contributed by atoms with E-state index in [4.69, 9.17) is 11.6 Å². The van der Waals surface area contributed by atoms with Gasteiger partial charge in [-0.2, -0.15) is 5.10 Å². The van der Waals surface area contributed by atoms with Gasteiger partial charge in [-0.15, -0.1) is 0 Å². The lowest BCUT2D eigenvalue weighted by Gasteiger charge is -2.10. The smallest absolute Gasteiger partial charge is 0.150 e. The monoisotopic (exact) mass is 299 g/mol. The molecule has 0 fully saturated rings. The van der Waals surface area contributed by atoms with Gasteiger partial charge < -0.3 is 5.32 Å². The Kier molecular flexibility index (Phi) is 4.60. The van der Waals surface area contributed by atoms with Crippen LogP contribution in [0.5, 0.6) is 0 Å². The minimum absolute atomic E-state index is 0.0285. The molecule has 1 aromatic heterocycles. The van der Waals surface area contributed by atoms with Gasteiger partial charge in [0.15, 0.2) is 5.82 Å². The summed E-state index contributed by atoms with van der Waals surface area (Å²) in [7, 11) is 0. The van der Waals surface area contributed by atoms with Gasteiger partial charge in [0.25, 0.3) is 0 Å². The lowest BCUT2D eigenvalue weighted by molar-refractivity contribution is 0.584. The molecule has 6 heteroatoms. The fraction of sp³-hybridized carbons (Fsp3) is 0.357. The van der Waals surface area contributed by atoms with Crippen molar-refractivity contribution in [2.24, 2.45) is 0 Å². The molecule has 3 nitrogen and oxygen atoms in total. The number of nitrogens with one attached hydrogen (secondary N) is 1. The van der Waals surface area contributed by atoms with E-state index in [0.717, 1.165) is 36.5 Å². The Bertz CT molecular complexity index is 587. The fourth-order valence-electron chi connectivity index (χ4n) is 1.99. The Hall–Kier alpha value is -1.62. The zero-order chi connectivity index (χ0) is 14.7. The first-order valence-electron chi connectivity index (χ1n) is 6.49. The maximum atomic E-state index is 13.7. The van der Waals surface area contributed by atoms with Crippen LogP contribution in [0.4, 0.5) is 14.5 Å². The minimum atomic E-state index is -0.701. The zero-order valence-electron chi connectivity index (χ0n) is 11.4. The van der Waals surface area contributed by atoms with Crippen molar-refractivity contribution in [3.8, 4) is 0 Å². The summed E-state index contributed by atoms with van der Waals surface area (Å²) in [4.78, 5) is 0. The average molecular weight is 300 g/mol. The van der Waals surface area contributed by atoms with Crippen molar-refractivity contribution < 1.29 is 8.78 Å². The van der Waals surface area contributed by atoms with E-state index < -0.39 is 11.6 Å². The van der Waals surface area contributed by atoms with Crippen molar-refractivity contribution in [1.82, 2.24) is 9.78 Å². The quantitative estimate of drug-likeness (QED) is 0.904. The van der Waals surface area contributed by atoms with E-state index >= 15 is 0 Å². The first kappa shape index (κ1) is 14.8. The van der Waals surface area contributed by atoms with Crippen molar-refractivity contribution in [2.75, 3.05) is 5.32 Å². The molecule has 1 heterocycles. The SMILES string of the molecule is CCc1cc(CNc2c(F)cc(F)cc2Cl)n(CC)n1. The molecule has 0 aliphatic rings. The number of hydrogen-bond acceptors (Lipinski definition) is 2. The maximum Gasteiger partial charge on any atom is 0.150 e. The van der Waals surface area contributed by atoms with Crippen LogP contribution in [-0.2, 0) is 19.5 Å². The van der Waals surface area contributed by atoms with Crippen molar-refractivity contribution in [3.05, 3.63) is 46.2 Å². The number of anilines is 1. The number of aryl methyl sites for hydroxylation is 2. The normalized spacial score (nSPS) is 10.8. The Morgan fingerprint density at radius 1 is 1.25 bits per heavy atom. The highest BCUT2D eigenvalue weighted by atomic mass is 35.5. The number of nitrogens with zero attached hydrogens (tertiary/aromatic N) is 2. The summed E-state index contributed by atoms with van der Waals surface area (Å²) >= 11 is 5.84. The van der Waals surface area contributed by atoms with Crippen LogP contribution in [0.25, 0.3) is 0 Å². The van der Waals surface area contributed by atoms with Gasteiger partial charge in [0.2, 0.25) is 0 Å². The first-order valence-corrected chi connectivity index (χ1v) is 6.87. The van der Waals surface area contributed by atoms with Crippen LogP contribution in [-0.4, -0.2) is 9.78 Å². The highest BCUT2D eigenvalue weighted by Crippen LogP contribution is 2.26. The van der Waals surface area contributed by atoms with E-state index in [2.05, 4.69) is 10.4 Å². The molecule has 0 bridgehead atoms. The predicted molar refractivity (Wildman–Crippen MR) is 76.0 cm³/mol. The van der Waals surface area contributed by atoms with Crippen LogP contribution in [0, 0.1) is 11.6 Å². The summed E-state index contributed by atoms with van der Waals surface area (Å²) in [5.41, 5.74) is 2.02. The molecule has 20 heavy (non-hydrogen) atoms. The molecule has 1 aromatic carbocycles. The van der Waals surface area contributed by atoms with Gasteiger partial charge in [-0.25, -0.2) is 8.78 Å². The molecule has 0 spiro atoms. The van der Waals surface area contributed by atoms with E-state index in [1.54, 1.807) is 0 Å². The molecule has 0 unspecified atom stereocenters. The summed E-state index contributed by atoms with van der Waals surface area (Å²) in [6, 6.07) is 3.86. The number of benzene rings is 1. The molecule has 1 N–H and O–H groups in total. The lowest BCUT2D eigenvalue weighted by atomic mass is 10.2. The van der Waals surface area contributed by atoms with Gasteiger partial charge >= 0.3 is 0 Å². The van der Waals surface area contributed by atoms with Gasteiger partial charge in [0.05, 0.1) is 28.6 Å². The lowest BCUT2D eigenvalue weighted by Crippen LogP contribution is -2.09. The molecule has 0 atom stereocenters. The Labute approximate surface area is 121 Å². The molecule has 2 rings (SSSR count). The predicted octanol–water partition coefficient (Wildman–Crippen LogP) is 4.01. The van der Waals surface area contributed by atoms with Crippen molar-refractivity contribution >= 4 is 17.3 Å². The van der Waals surface area contributed by atoms with Crippen molar-refractivity contribution in [3.63, 3.8) is 0 Å². The third kappa shape index (κ3) is 3.10. The minimum Gasteiger partial charge on any atom is -0.376 e. The molecule has 0 saturated carbocycles. The van der Waals surface area contributed by atoms with Crippen LogP contribution in [0.3, 0.4) is 0 Å². The average Bonchev–Trinajstić information content (AvgIpc) is 2.80. The highest BCUT2D eigenvalue weighted by molar-refractivity contribution is 6.33. The van der Waals surface area contributed by atoms with E-state index in [1.807, 2.05) is 24.6 Å². The molecule has 0 saturated heterocycles. The zero-order valence-corrected chi connectivity index (χ0v) is 12.1. The molecular formula is C14H16ClF2N3. The highest BCUT2D eigenvalue weighted by Gasteiger charge is 2.11. The largest absolute Gasteiger partial charge is 0.376 e. The Balaban J connectivity index is 2.18. The summed E-state index contributed by atoms with van der Waals surface area (Å²) in [6.45, 7) is 5.12. The van der Waals surface area contributed by atoms with Crippen LogP contribution >= 0.6 is 11.6 Å². The second kappa shape index (κ2) is 6.22. The summed E-state index contributed by atoms with van der Waals surface area (Å²) < 4.78 is 28.5. The van der Waals surface area contributed by atoms with Crippen LogP contribution < -0.4 is 5.32 Å². The molecular weight excluding hydrogens is 284 g/mol. The topological polar surface area (TPSA) is 29.9 Å². The number of hydrogen-bond donors (Lipinski definition) is 1. The molecule has 0 amide bonds. The molecule has 108 valence electrons. The van der Waals surface area contributed by atoms with E-state index in [1.165, 1.54) is 0 Å². The summed E-state index contributed by atoms with van der Waals surface area (Å²) in [6.07, 6.45) is 0.839. The Morgan fingerprint density at radius 3 is 2.60 bits per heavy atom. The van der Waals surface area contributed by atoms with Crippen molar-refractivity contribution in [1.29, 1.82) is 0 Å². The third-order valence-corrected chi connectivity index (χ3v) is 3.33. The van der Waals surface area contributed by atoms with E-state index in [0.29, 0.717) is 6.54 Å². The van der Waals surface area contributed by atoms with Crippen LogP contribution in [0.2, 0.25) is 5.02 Å². The first-order chi connectivity index (χ1) is 9.55. The standard InChI is InChI=1S/C14H16ClF2N3/c1-3-10-7-11(20(4-2)19-10)8-18-14-12(15)5-9(16)6-13(14)17/h5-7,18H,3-4,8H2,1-2H3. The van der Waals surface area contributed by atoms with Crippen LogP contribution in [0.15, 0.2) is 18.2 Å². The van der Waals surface area contributed by atoms with E-state index in [9.17, 15) is 8.78 Å². The number of aromatic nitrogens is 2. The van der Waals surface area contributed by atoms with Gasteiger partial charge in [0.1, 0.15) is 5.82 Å². The molecule has 0 aliphatic carbocycles. The molecule has 0 radical (unpaired) electrons. The second-order valence-corrected chi connectivity index (χ2v) is 4.80. The Morgan fingerprint density at radius 2 is 2.00 bits per heavy atom. The van der Waals surface area contributed by atoms with E-state index in [-0.39, 0.29) is 10.7 Å². The van der Waals surface area contributed by atoms with Gasteiger partial charge in [-0.1, -0.05) is 18.5 Å². The fourth-order valence-corrected chi connectivity index (χ4v) is 2.26. The second-order valence-electron chi connectivity index (χ2n) is 4.39. The van der Waals surface area contributed by atoms with Gasteiger partial charge in [-0.05, 0) is 25.5 Å². The summed E-state index contributed by atoms with van der Waals surface area (Å²) in [5.74, 6) is -1.39. The summed E-state index contributed by atoms with van der Waals surface area (Å²) in [5, 5.41) is 7.34.